The number of urea groups is 1. The van der Waals surface area contributed by atoms with Crippen LogP contribution in [-0.4, -0.2) is 45.8 Å². The Labute approximate surface area is 185 Å². The molecule has 0 aliphatic carbocycles. The predicted molar refractivity (Wildman–Crippen MR) is 119 cm³/mol. The molecule has 32 heavy (non-hydrogen) atoms. The molecule has 3 N–H and O–H groups in total. The summed E-state index contributed by atoms with van der Waals surface area (Å²) in [5, 5.41) is 12.2. The van der Waals surface area contributed by atoms with Crippen molar-refractivity contribution in [3.63, 3.8) is 0 Å². The lowest BCUT2D eigenvalue weighted by Gasteiger charge is -2.09. The fraction of sp³-hybridized carbons (Fsp3) is 0.227. The van der Waals surface area contributed by atoms with Crippen LogP contribution in [0.3, 0.4) is 0 Å². The summed E-state index contributed by atoms with van der Waals surface area (Å²) in [6, 6.07) is 11.6. The van der Waals surface area contributed by atoms with Crippen LogP contribution < -0.4 is 16.0 Å². The van der Waals surface area contributed by atoms with Gasteiger partial charge >= 0.3 is 12.0 Å². The Morgan fingerprint density at radius 1 is 1.03 bits per heavy atom. The Kier molecular flexibility index (Phi) is 7.52. The van der Waals surface area contributed by atoms with Crippen LogP contribution in [0.1, 0.15) is 29.4 Å². The van der Waals surface area contributed by atoms with E-state index in [-0.39, 0.29) is 31.2 Å². The number of nitrogens with one attached hydrogen (secondary N) is 3. The van der Waals surface area contributed by atoms with E-state index in [0.717, 1.165) is 5.56 Å². The molecule has 0 spiro atoms. The molecule has 3 aromatic rings. The Morgan fingerprint density at radius 2 is 1.81 bits per heavy atom. The molecule has 10 nitrogen and oxygen atoms in total. The van der Waals surface area contributed by atoms with Gasteiger partial charge in [-0.1, -0.05) is 6.07 Å². The van der Waals surface area contributed by atoms with Crippen molar-refractivity contribution in [3.05, 3.63) is 66.1 Å². The van der Waals surface area contributed by atoms with Gasteiger partial charge in [0.2, 0.25) is 5.91 Å². The van der Waals surface area contributed by atoms with Gasteiger partial charge in [0.15, 0.2) is 5.69 Å². The SMILES string of the molecule is CCOC(=O)c1ccn(-c2ccc(NC(=O)NCCC(=O)Nc3ccc(C)cn3)cc2)n1. The van der Waals surface area contributed by atoms with Crippen molar-refractivity contribution in [2.75, 3.05) is 23.8 Å². The Bertz CT molecular complexity index is 1080. The summed E-state index contributed by atoms with van der Waals surface area (Å²) in [6.45, 7) is 4.09. The monoisotopic (exact) mass is 436 g/mol. The normalized spacial score (nSPS) is 10.3. The van der Waals surface area contributed by atoms with Crippen LogP contribution in [0.25, 0.3) is 5.69 Å². The number of carbonyl (C=O) groups excluding carboxylic acids is 3. The third kappa shape index (κ3) is 6.39. The number of anilines is 2. The average molecular weight is 436 g/mol. The molecule has 166 valence electrons. The molecule has 0 saturated carbocycles. The first-order valence-electron chi connectivity index (χ1n) is 10.0. The minimum Gasteiger partial charge on any atom is -0.461 e. The number of aryl methyl sites for hydroxylation is 1. The summed E-state index contributed by atoms with van der Waals surface area (Å²) in [5.74, 6) is -0.255. The van der Waals surface area contributed by atoms with Gasteiger partial charge in [-0.15, -0.1) is 0 Å². The maximum absolute atomic E-state index is 12.0. The second-order valence-electron chi connectivity index (χ2n) is 6.81. The minimum atomic E-state index is -0.481. The summed E-state index contributed by atoms with van der Waals surface area (Å²) in [4.78, 5) is 39.8. The molecule has 0 atom stereocenters. The molecule has 0 saturated heterocycles. The van der Waals surface area contributed by atoms with E-state index >= 15 is 0 Å². The van der Waals surface area contributed by atoms with E-state index in [4.69, 9.17) is 4.74 Å². The van der Waals surface area contributed by atoms with Crippen molar-refractivity contribution in [3.8, 4) is 5.69 Å². The number of esters is 1. The maximum Gasteiger partial charge on any atom is 0.358 e. The van der Waals surface area contributed by atoms with Crippen molar-refractivity contribution >= 4 is 29.4 Å². The summed E-state index contributed by atoms with van der Waals surface area (Å²) in [5.41, 5.74) is 2.50. The van der Waals surface area contributed by atoms with Crippen LogP contribution in [0.4, 0.5) is 16.3 Å². The van der Waals surface area contributed by atoms with E-state index in [0.29, 0.717) is 17.2 Å². The number of aromatic nitrogens is 3. The number of hydrogen-bond acceptors (Lipinski definition) is 6. The lowest BCUT2D eigenvalue weighted by Crippen LogP contribution is -2.31. The maximum atomic E-state index is 12.0. The van der Waals surface area contributed by atoms with Gasteiger partial charge < -0.3 is 20.7 Å². The van der Waals surface area contributed by atoms with Crippen LogP contribution in [0.2, 0.25) is 0 Å². The Hall–Kier alpha value is -4.21. The van der Waals surface area contributed by atoms with E-state index in [1.807, 2.05) is 13.0 Å². The van der Waals surface area contributed by atoms with Gasteiger partial charge in [-0.2, -0.15) is 5.10 Å². The molecule has 0 fully saturated rings. The molecule has 0 unspecified atom stereocenters. The highest BCUT2D eigenvalue weighted by molar-refractivity contribution is 5.92. The van der Waals surface area contributed by atoms with Crippen molar-refractivity contribution in [1.82, 2.24) is 20.1 Å². The highest BCUT2D eigenvalue weighted by Gasteiger charge is 2.11. The highest BCUT2D eigenvalue weighted by Crippen LogP contribution is 2.13. The Morgan fingerprint density at radius 3 is 2.50 bits per heavy atom. The zero-order chi connectivity index (χ0) is 22.9. The molecule has 2 heterocycles. The van der Waals surface area contributed by atoms with Gasteiger partial charge in [0.05, 0.1) is 12.3 Å². The molecule has 3 amide bonds. The summed E-state index contributed by atoms with van der Waals surface area (Å²) in [7, 11) is 0. The van der Waals surface area contributed by atoms with E-state index < -0.39 is 12.0 Å². The second kappa shape index (κ2) is 10.7. The standard InChI is InChI=1S/C22H24N6O4/c1-3-32-21(30)18-11-13-28(27-18)17-7-5-16(6-8-17)25-22(31)23-12-10-20(29)26-19-9-4-15(2)14-24-19/h4-9,11,13-14H,3,10,12H2,1-2H3,(H2,23,25,31)(H,24,26,29). The number of nitrogens with zero attached hydrogens (tertiary/aromatic N) is 3. The van der Waals surface area contributed by atoms with Crippen molar-refractivity contribution in [2.45, 2.75) is 20.3 Å². The minimum absolute atomic E-state index is 0.115. The third-order valence-corrected chi connectivity index (χ3v) is 4.28. The third-order valence-electron chi connectivity index (χ3n) is 4.28. The topological polar surface area (TPSA) is 127 Å². The van der Waals surface area contributed by atoms with E-state index in [2.05, 4.69) is 26.0 Å². The lowest BCUT2D eigenvalue weighted by atomic mass is 10.3. The van der Waals surface area contributed by atoms with Crippen LogP contribution in [-0.2, 0) is 9.53 Å². The van der Waals surface area contributed by atoms with Crippen LogP contribution in [0, 0.1) is 6.92 Å². The number of rotatable bonds is 8. The first-order valence-corrected chi connectivity index (χ1v) is 10.0. The number of hydrogen-bond donors (Lipinski definition) is 3. The van der Waals surface area contributed by atoms with Crippen molar-refractivity contribution in [2.24, 2.45) is 0 Å². The average Bonchev–Trinajstić information content (AvgIpc) is 3.26. The number of amides is 3. The van der Waals surface area contributed by atoms with Gasteiger partial charge in [-0.05, 0) is 55.8 Å². The molecule has 2 aromatic heterocycles. The number of benzene rings is 1. The van der Waals surface area contributed by atoms with Gasteiger partial charge in [0, 0.05) is 31.0 Å². The van der Waals surface area contributed by atoms with Crippen molar-refractivity contribution < 1.29 is 19.1 Å². The number of ether oxygens (including phenoxy) is 1. The first-order chi connectivity index (χ1) is 15.4. The van der Waals surface area contributed by atoms with E-state index in [1.165, 1.54) is 4.68 Å². The van der Waals surface area contributed by atoms with Gasteiger partial charge in [0.25, 0.3) is 0 Å². The predicted octanol–water partition coefficient (Wildman–Crippen LogP) is 2.90. The number of pyridine rings is 1. The number of carbonyl (C=O) groups is 3. The molecule has 0 radical (unpaired) electrons. The summed E-state index contributed by atoms with van der Waals surface area (Å²) < 4.78 is 6.46. The Balaban J connectivity index is 1.44. The van der Waals surface area contributed by atoms with E-state index in [9.17, 15) is 14.4 Å². The fourth-order valence-corrected chi connectivity index (χ4v) is 2.69. The van der Waals surface area contributed by atoms with Gasteiger partial charge in [-0.3, -0.25) is 4.79 Å². The summed E-state index contributed by atoms with van der Waals surface area (Å²) in [6.07, 6.45) is 3.43. The largest absolute Gasteiger partial charge is 0.461 e. The molecule has 0 aliphatic heterocycles. The van der Waals surface area contributed by atoms with Gasteiger partial charge in [-0.25, -0.2) is 19.3 Å². The lowest BCUT2D eigenvalue weighted by molar-refractivity contribution is -0.116. The molecule has 0 bridgehead atoms. The summed E-state index contributed by atoms with van der Waals surface area (Å²) >= 11 is 0. The van der Waals surface area contributed by atoms with Gasteiger partial charge in [0.1, 0.15) is 5.82 Å². The molecule has 0 aliphatic rings. The molecular formula is C22H24N6O4. The van der Waals surface area contributed by atoms with Crippen LogP contribution >= 0.6 is 0 Å². The van der Waals surface area contributed by atoms with Crippen LogP contribution in [0.15, 0.2) is 54.9 Å². The second-order valence-corrected chi connectivity index (χ2v) is 6.81. The van der Waals surface area contributed by atoms with E-state index in [1.54, 1.807) is 55.7 Å². The quantitative estimate of drug-likeness (QED) is 0.466. The zero-order valence-electron chi connectivity index (χ0n) is 17.8. The molecule has 1 aromatic carbocycles. The van der Waals surface area contributed by atoms with Crippen molar-refractivity contribution in [1.29, 1.82) is 0 Å². The van der Waals surface area contributed by atoms with Crippen LogP contribution in [0.5, 0.6) is 0 Å². The molecule has 10 heteroatoms. The fourth-order valence-electron chi connectivity index (χ4n) is 2.69. The highest BCUT2D eigenvalue weighted by atomic mass is 16.5. The zero-order valence-corrected chi connectivity index (χ0v) is 17.8. The molecular weight excluding hydrogens is 412 g/mol. The molecule has 3 rings (SSSR count). The smallest absolute Gasteiger partial charge is 0.358 e. The first kappa shape index (κ1) is 22.5.